The van der Waals surface area contributed by atoms with Crippen LogP contribution in [0.4, 0.5) is 0 Å². The van der Waals surface area contributed by atoms with Gasteiger partial charge >= 0.3 is 0 Å². The summed E-state index contributed by atoms with van der Waals surface area (Å²) < 4.78 is 0. The van der Waals surface area contributed by atoms with Crippen LogP contribution in [0.1, 0.15) is 48.5 Å². The number of hydrogen-bond donors (Lipinski definition) is 1. The lowest BCUT2D eigenvalue weighted by Crippen LogP contribution is -2.49. The molecule has 2 atom stereocenters. The molecule has 0 aliphatic heterocycles. The Bertz CT molecular complexity index is 156. The highest BCUT2D eigenvalue weighted by atomic mass is 15.2. The van der Waals surface area contributed by atoms with Crippen LogP contribution in [0.3, 0.4) is 0 Å². The van der Waals surface area contributed by atoms with Crippen molar-refractivity contribution in [3.05, 3.63) is 0 Å². The van der Waals surface area contributed by atoms with E-state index in [0.29, 0.717) is 12.1 Å². The minimum absolute atomic E-state index is 0.572. The summed E-state index contributed by atoms with van der Waals surface area (Å²) >= 11 is 0. The largest absolute Gasteiger partial charge is 0.313 e. The van der Waals surface area contributed by atoms with Crippen molar-refractivity contribution in [3.8, 4) is 0 Å². The SMILES string of the molecule is CCNC(C)C(C)N(CC(C)C)CC(C)C. The van der Waals surface area contributed by atoms with Crippen LogP contribution in [0, 0.1) is 11.8 Å². The van der Waals surface area contributed by atoms with Crippen molar-refractivity contribution in [1.82, 2.24) is 10.2 Å². The Kier molecular flexibility index (Phi) is 8.04. The number of rotatable bonds is 8. The van der Waals surface area contributed by atoms with Crippen LogP contribution in [0.25, 0.3) is 0 Å². The van der Waals surface area contributed by atoms with Crippen LogP contribution in [-0.4, -0.2) is 36.6 Å². The van der Waals surface area contributed by atoms with Crippen molar-refractivity contribution in [3.63, 3.8) is 0 Å². The zero-order valence-electron chi connectivity index (χ0n) is 12.4. The Labute approximate surface area is 103 Å². The van der Waals surface area contributed by atoms with Crippen LogP contribution < -0.4 is 5.32 Å². The van der Waals surface area contributed by atoms with E-state index < -0.39 is 0 Å². The van der Waals surface area contributed by atoms with Gasteiger partial charge in [-0.15, -0.1) is 0 Å². The highest BCUT2D eigenvalue weighted by molar-refractivity contribution is 4.78. The Morgan fingerprint density at radius 3 is 1.62 bits per heavy atom. The maximum Gasteiger partial charge on any atom is 0.0218 e. The van der Waals surface area contributed by atoms with Gasteiger partial charge in [0, 0.05) is 25.2 Å². The first-order valence-corrected chi connectivity index (χ1v) is 6.85. The van der Waals surface area contributed by atoms with Crippen molar-refractivity contribution in [2.45, 2.75) is 60.5 Å². The smallest absolute Gasteiger partial charge is 0.0218 e. The summed E-state index contributed by atoms with van der Waals surface area (Å²) in [5, 5.41) is 3.53. The molecule has 0 bridgehead atoms. The standard InChI is InChI=1S/C14H32N2/c1-8-15-13(6)14(7)16(9-11(2)3)10-12(4)5/h11-15H,8-10H2,1-7H3. The molecule has 0 aromatic heterocycles. The average molecular weight is 228 g/mol. The molecule has 98 valence electrons. The molecule has 1 N–H and O–H groups in total. The molecule has 2 unspecified atom stereocenters. The molecule has 0 aromatic rings. The molecule has 0 saturated heterocycles. The third kappa shape index (κ3) is 6.49. The van der Waals surface area contributed by atoms with Gasteiger partial charge in [0.05, 0.1) is 0 Å². The fourth-order valence-corrected chi connectivity index (χ4v) is 2.15. The first kappa shape index (κ1) is 15.9. The Hall–Kier alpha value is -0.0800. The van der Waals surface area contributed by atoms with E-state index in [0.717, 1.165) is 18.4 Å². The van der Waals surface area contributed by atoms with Gasteiger partial charge in [0.25, 0.3) is 0 Å². The number of nitrogens with zero attached hydrogens (tertiary/aromatic N) is 1. The molecule has 2 heteroatoms. The number of likely N-dealkylation sites (N-methyl/N-ethyl adjacent to an activating group) is 1. The maximum absolute atomic E-state index is 3.53. The Morgan fingerprint density at radius 1 is 0.875 bits per heavy atom. The van der Waals surface area contributed by atoms with Gasteiger partial charge in [0.15, 0.2) is 0 Å². The fraction of sp³-hybridized carbons (Fsp3) is 1.00. The summed E-state index contributed by atoms with van der Waals surface area (Å²) in [5.41, 5.74) is 0. The maximum atomic E-state index is 3.53. The normalized spacial score (nSPS) is 16.1. The molecule has 0 amide bonds. The van der Waals surface area contributed by atoms with E-state index in [1.807, 2.05) is 0 Å². The average Bonchev–Trinajstić information content (AvgIpc) is 2.14. The van der Waals surface area contributed by atoms with E-state index in [9.17, 15) is 0 Å². The van der Waals surface area contributed by atoms with E-state index >= 15 is 0 Å². The van der Waals surface area contributed by atoms with Crippen LogP contribution >= 0.6 is 0 Å². The highest BCUT2D eigenvalue weighted by Crippen LogP contribution is 2.11. The predicted molar refractivity (Wildman–Crippen MR) is 73.8 cm³/mol. The Balaban J connectivity index is 4.35. The van der Waals surface area contributed by atoms with Crippen molar-refractivity contribution >= 4 is 0 Å². The van der Waals surface area contributed by atoms with E-state index in [-0.39, 0.29) is 0 Å². The number of hydrogen-bond acceptors (Lipinski definition) is 2. The second kappa shape index (κ2) is 8.08. The van der Waals surface area contributed by atoms with E-state index in [1.54, 1.807) is 0 Å². The molecular formula is C14H32N2. The van der Waals surface area contributed by atoms with Crippen LogP contribution in [0.15, 0.2) is 0 Å². The lowest BCUT2D eigenvalue weighted by molar-refractivity contribution is 0.141. The summed E-state index contributed by atoms with van der Waals surface area (Å²) in [6.07, 6.45) is 0. The highest BCUT2D eigenvalue weighted by Gasteiger charge is 2.20. The molecule has 0 heterocycles. The zero-order valence-corrected chi connectivity index (χ0v) is 12.4. The molecule has 0 aliphatic carbocycles. The summed E-state index contributed by atoms with van der Waals surface area (Å²) in [6, 6.07) is 1.19. The lowest BCUT2D eigenvalue weighted by Gasteiger charge is -2.35. The van der Waals surface area contributed by atoms with Gasteiger partial charge in [-0.05, 0) is 32.2 Å². The molecule has 0 rings (SSSR count). The third-order valence-corrected chi connectivity index (χ3v) is 3.02. The molecule has 16 heavy (non-hydrogen) atoms. The topological polar surface area (TPSA) is 15.3 Å². The molecule has 0 fully saturated rings. The van der Waals surface area contributed by atoms with Crippen LogP contribution in [0.2, 0.25) is 0 Å². The van der Waals surface area contributed by atoms with Crippen molar-refractivity contribution < 1.29 is 0 Å². The minimum Gasteiger partial charge on any atom is -0.313 e. The van der Waals surface area contributed by atoms with E-state index in [2.05, 4.69) is 58.7 Å². The van der Waals surface area contributed by atoms with Gasteiger partial charge in [0.2, 0.25) is 0 Å². The first-order chi connectivity index (χ1) is 7.38. The molecule has 0 aliphatic rings. The van der Waals surface area contributed by atoms with Gasteiger partial charge in [-0.1, -0.05) is 34.6 Å². The van der Waals surface area contributed by atoms with Gasteiger partial charge in [0.1, 0.15) is 0 Å². The van der Waals surface area contributed by atoms with Gasteiger partial charge < -0.3 is 5.32 Å². The second-order valence-corrected chi connectivity index (χ2v) is 5.83. The molecule has 2 nitrogen and oxygen atoms in total. The molecule has 0 aromatic carbocycles. The molecule has 0 spiro atoms. The number of nitrogens with one attached hydrogen (secondary N) is 1. The summed E-state index contributed by atoms with van der Waals surface area (Å²) in [6.45, 7) is 19.5. The predicted octanol–water partition coefficient (Wildman–Crippen LogP) is 2.99. The van der Waals surface area contributed by atoms with Crippen LogP contribution in [-0.2, 0) is 0 Å². The van der Waals surface area contributed by atoms with Crippen molar-refractivity contribution in [1.29, 1.82) is 0 Å². The summed E-state index contributed by atoms with van der Waals surface area (Å²) in [7, 11) is 0. The van der Waals surface area contributed by atoms with Gasteiger partial charge in [-0.2, -0.15) is 0 Å². The van der Waals surface area contributed by atoms with E-state index in [1.165, 1.54) is 13.1 Å². The van der Waals surface area contributed by atoms with Crippen LogP contribution in [0.5, 0.6) is 0 Å². The van der Waals surface area contributed by atoms with Crippen molar-refractivity contribution in [2.24, 2.45) is 11.8 Å². The first-order valence-electron chi connectivity index (χ1n) is 6.85. The molecule has 0 saturated carbocycles. The van der Waals surface area contributed by atoms with E-state index in [4.69, 9.17) is 0 Å². The second-order valence-electron chi connectivity index (χ2n) is 5.83. The zero-order chi connectivity index (χ0) is 12.7. The summed E-state index contributed by atoms with van der Waals surface area (Å²) in [5.74, 6) is 1.49. The van der Waals surface area contributed by atoms with Gasteiger partial charge in [-0.25, -0.2) is 0 Å². The molecule has 0 radical (unpaired) electrons. The van der Waals surface area contributed by atoms with Crippen molar-refractivity contribution in [2.75, 3.05) is 19.6 Å². The molecular weight excluding hydrogens is 196 g/mol. The lowest BCUT2D eigenvalue weighted by atomic mass is 10.1. The Morgan fingerprint density at radius 2 is 1.31 bits per heavy atom. The third-order valence-electron chi connectivity index (χ3n) is 3.02. The fourth-order valence-electron chi connectivity index (χ4n) is 2.15. The van der Waals surface area contributed by atoms with Gasteiger partial charge in [-0.3, -0.25) is 4.90 Å². The summed E-state index contributed by atoms with van der Waals surface area (Å²) in [4.78, 5) is 2.63. The minimum atomic E-state index is 0.572. The quantitative estimate of drug-likeness (QED) is 0.687. The monoisotopic (exact) mass is 228 g/mol.